The molecule has 3 rings (SSSR count). The van der Waals surface area contributed by atoms with E-state index in [1.807, 2.05) is 12.1 Å². The zero-order valence-electron chi connectivity index (χ0n) is 11.8. The van der Waals surface area contributed by atoms with Gasteiger partial charge in [-0.05, 0) is 42.6 Å². The van der Waals surface area contributed by atoms with Gasteiger partial charge in [0.25, 0.3) is 0 Å². The zero-order valence-corrected chi connectivity index (χ0v) is 12.5. The molecule has 2 aromatic rings. The largest absolute Gasteiger partial charge is 0.309 e. The fourth-order valence-corrected chi connectivity index (χ4v) is 3.27. The molecule has 2 heteroatoms. The summed E-state index contributed by atoms with van der Waals surface area (Å²) in [6.07, 6.45) is 2.49. The number of benzene rings is 2. The number of halogens is 1. The lowest BCUT2D eigenvalue weighted by molar-refractivity contribution is 0.439. The van der Waals surface area contributed by atoms with Crippen LogP contribution in [0.4, 0.5) is 0 Å². The fraction of sp³-hybridized carbons (Fsp3) is 0.333. The molecule has 1 fully saturated rings. The highest BCUT2D eigenvalue weighted by molar-refractivity contribution is 6.30. The number of rotatable bonds is 5. The van der Waals surface area contributed by atoms with Gasteiger partial charge in [0.2, 0.25) is 0 Å². The Labute approximate surface area is 126 Å². The molecule has 2 aromatic carbocycles. The van der Waals surface area contributed by atoms with Crippen molar-refractivity contribution < 1.29 is 0 Å². The molecule has 0 bridgehead atoms. The Morgan fingerprint density at radius 3 is 2.25 bits per heavy atom. The van der Waals surface area contributed by atoms with E-state index in [1.165, 1.54) is 24.0 Å². The second-order valence-corrected chi connectivity index (χ2v) is 6.00. The molecule has 1 nitrogen and oxygen atoms in total. The molecule has 0 aromatic heterocycles. The second kappa shape index (κ2) is 5.59. The Balaban J connectivity index is 1.97. The molecule has 1 atom stereocenters. The van der Waals surface area contributed by atoms with Crippen molar-refractivity contribution in [2.24, 2.45) is 0 Å². The van der Waals surface area contributed by atoms with Crippen LogP contribution in [0.3, 0.4) is 0 Å². The van der Waals surface area contributed by atoms with E-state index in [0.717, 1.165) is 11.6 Å². The summed E-state index contributed by atoms with van der Waals surface area (Å²) < 4.78 is 0. The molecule has 1 N–H and O–H groups in total. The third-order valence-electron chi connectivity index (χ3n) is 4.30. The molecule has 1 unspecified atom stereocenters. The number of nitrogens with one attached hydrogen (secondary N) is 1. The van der Waals surface area contributed by atoms with E-state index < -0.39 is 0 Å². The monoisotopic (exact) mass is 285 g/mol. The molecule has 1 saturated carbocycles. The molecule has 0 saturated heterocycles. The highest BCUT2D eigenvalue weighted by atomic mass is 35.5. The van der Waals surface area contributed by atoms with Crippen molar-refractivity contribution in [2.75, 3.05) is 6.54 Å². The third-order valence-corrected chi connectivity index (χ3v) is 4.55. The molecule has 0 spiro atoms. The predicted molar refractivity (Wildman–Crippen MR) is 85.2 cm³/mol. The molecule has 20 heavy (non-hydrogen) atoms. The number of likely N-dealkylation sites (N-methyl/N-ethyl adjacent to an activating group) is 1. The summed E-state index contributed by atoms with van der Waals surface area (Å²) in [6, 6.07) is 19.5. The van der Waals surface area contributed by atoms with Crippen molar-refractivity contribution >= 4 is 11.6 Å². The van der Waals surface area contributed by atoms with Gasteiger partial charge in [-0.3, -0.25) is 0 Å². The first-order chi connectivity index (χ1) is 9.76. The van der Waals surface area contributed by atoms with Gasteiger partial charge in [-0.2, -0.15) is 0 Å². The molecule has 1 aliphatic rings. The third kappa shape index (κ3) is 2.48. The smallest absolute Gasteiger partial charge is 0.0418 e. The molecular weight excluding hydrogens is 266 g/mol. The normalized spacial score (nSPS) is 17.7. The van der Waals surface area contributed by atoms with Crippen molar-refractivity contribution in [2.45, 2.75) is 31.2 Å². The number of hydrogen-bond acceptors (Lipinski definition) is 1. The van der Waals surface area contributed by atoms with E-state index in [4.69, 9.17) is 11.6 Å². The first-order valence-electron chi connectivity index (χ1n) is 7.30. The van der Waals surface area contributed by atoms with Crippen molar-refractivity contribution in [3.63, 3.8) is 0 Å². The first kappa shape index (κ1) is 13.7. The van der Waals surface area contributed by atoms with Gasteiger partial charge in [-0.1, -0.05) is 61.0 Å². The van der Waals surface area contributed by atoms with Crippen LogP contribution in [0.1, 0.15) is 36.9 Å². The summed E-state index contributed by atoms with van der Waals surface area (Å²) in [5.74, 6) is 0. The second-order valence-electron chi connectivity index (χ2n) is 5.56. The Morgan fingerprint density at radius 2 is 1.70 bits per heavy atom. The maximum absolute atomic E-state index is 6.02. The molecule has 0 aliphatic heterocycles. The minimum Gasteiger partial charge on any atom is -0.309 e. The fourth-order valence-electron chi connectivity index (χ4n) is 3.14. The van der Waals surface area contributed by atoms with E-state index in [2.05, 4.69) is 54.7 Å². The average Bonchev–Trinajstić information content (AvgIpc) is 3.28. The highest BCUT2D eigenvalue weighted by Gasteiger charge is 2.50. The highest BCUT2D eigenvalue weighted by Crippen LogP contribution is 2.56. The topological polar surface area (TPSA) is 12.0 Å². The summed E-state index contributed by atoms with van der Waals surface area (Å²) in [7, 11) is 0. The van der Waals surface area contributed by atoms with Crippen molar-refractivity contribution in [3.05, 3.63) is 70.7 Å². The Hall–Kier alpha value is -1.31. The van der Waals surface area contributed by atoms with Crippen LogP contribution < -0.4 is 5.32 Å². The summed E-state index contributed by atoms with van der Waals surface area (Å²) in [4.78, 5) is 0. The Morgan fingerprint density at radius 1 is 1.05 bits per heavy atom. The van der Waals surface area contributed by atoms with Crippen molar-refractivity contribution in [3.8, 4) is 0 Å². The van der Waals surface area contributed by atoms with Gasteiger partial charge in [0.1, 0.15) is 0 Å². The Kier molecular flexibility index (Phi) is 3.82. The minimum atomic E-state index is 0.255. The van der Waals surface area contributed by atoms with E-state index in [1.54, 1.807) is 0 Å². The lowest BCUT2D eigenvalue weighted by Gasteiger charge is -2.29. The zero-order chi connectivity index (χ0) is 14.0. The van der Waals surface area contributed by atoms with Gasteiger partial charge < -0.3 is 5.32 Å². The van der Waals surface area contributed by atoms with Gasteiger partial charge in [-0.15, -0.1) is 0 Å². The summed E-state index contributed by atoms with van der Waals surface area (Å²) in [5, 5.41) is 4.48. The van der Waals surface area contributed by atoms with Crippen molar-refractivity contribution in [1.29, 1.82) is 0 Å². The summed E-state index contributed by atoms with van der Waals surface area (Å²) >= 11 is 6.02. The van der Waals surface area contributed by atoms with Gasteiger partial charge in [0, 0.05) is 16.5 Å². The van der Waals surface area contributed by atoms with Gasteiger partial charge in [0.05, 0.1) is 0 Å². The van der Waals surface area contributed by atoms with Gasteiger partial charge in [-0.25, -0.2) is 0 Å². The quantitative estimate of drug-likeness (QED) is 0.838. The molecule has 0 heterocycles. The van der Waals surface area contributed by atoms with E-state index in [-0.39, 0.29) is 5.41 Å². The van der Waals surface area contributed by atoms with Gasteiger partial charge in [0.15, 0.2) is 0 Å². The maximum atomic E-state index is 6.02. The molecule has 1 aliphatic carbocycles. The molecule has 0 amide bonds. The lowest BCUT2D eigenvalue weighted by atomic mass is 9.84. The molecule has 0 radical (unpaired) electrons. The lowest BCUT2D eigenvalue weighted by Crippen LogP contribution is -2.32. The number of hydrogen-bond donors (Lipinski definition) is 1. The standard InChI is InChI=1S/C18H20ClN/c1-2-20-17(14-8-10-16(19)11-9-14)18(12-13-18)15-6-4-3-5-7-15/h3-11,17,20H,2,12-13H2,1H3. The van der Waals surface area contributed by atoms with Crippen LogP contribution >= 0.6 is 11.6 Å². The summed E-state index contributed by atoms with van der Waals surface area (Å²) in [5.41, 5.74) is 3.03. The van der Waals surface area contributed by atoms with Crippen LogP contribution in [0.5, 0.6) is 0 Å². The molecule has 104 valence electrons. The Bertz CT molecular complexity index is 558. The molecular formula is C18H20ClN. The summed E-state index contributed by atoms with van der Waals surface area (Å²) in [6.45, 7) is 3.14. The first-order valence-corrected chi connectivity index (χ1v) is 7.68. The van der Waals surface area contributed by atoms with Crippen LogP contribution in [0.2, 0.25) is 5.02 Å². The van der Waals surface area contributed by atoms with E-state index >= 15 is 0 Å². The predicted octanol–water partition coefficient (Wildman–Crippen LogP) is 4.72. The van der Waals surface area contributed by atoms with Crippen molar-refractivity contribution in [1.82, 2.24) is 5.32 Å². The van der Waals surface area contributed by atoms with Crippen LogP contribution in [-0.4, -0.2) is 6.54 Å². The SMILES string of the molecule is CCNC(c1ccc(Cl)cc1)C1(c2ccccc2)CC1. The van der Waals surface area contributed by atoms with Crippen LogP contribution in [0, 0.1) is 0 Å². The maximum Gasteiger partial charge on any atom is 0.0418 e. The van der Waals surface area contributed by atoms with Crippen LogP contribution in [0.15, 0.2) is 54.6 Å². The minimum absolute atomic E-state index is 0.255. The van der Waals surface area contributed by atoms with E-state index in [9.17, 15) is 0 Å². The van der Waals surface area contributed by atoms with Crippen LogP contribution in [-0.2, 0) is 5.41 Å². The van der Waals surface area contributed by atoms with Gasteiger partial charge >= 0.3 is 0 Å². The van der Waals surface area contributed by atoms with E-state index in [0.29, 0.717) is 6.04 Å². The average molecular weight is 286 g/mol. The van der Waals surface area contributed by atoms with Crippen LogP contribution in [0.25, 0.3) is 0 Å².